The number of nitrogens with zero attached hydrogens (tertiary/aromatic N) is 2. The minimum absolute atomic E-state index is 0.0714. The molecule has 0 bridgehead atoms. The summed E-state index contributed by atoms with van der Waals surface area (Å²) in [5, 5.41) is 7.32. The van der Waals surface area contributed by atoms with Crippen LogP contribution in [-0.4, -0.2) is 21.7 Å². The number of nitrogens with one attached hydrogen (secondary N) is 1. The van der Waals surface area contributed by atoms with E-state index in [2.05, 4.69) is 10.4 Å². The zero-order valence-electron chi connectivity index (χ0n) is 10.4. The summed E-state index contributed by atoms with van der Waals surface area (Å²) in [7, 11) is 0. The summed E-state index contributed by atoms with van der Waals surface area (Å²) in [5.41, 5.74) is 5.54. The normalized spacial score (nSPS) is 12.8. The summed E-state index contributed by atoms with van der Waals surface area (Å²) in [5.74, 6) is 0.173. The van der Waals surface area contributed by atoms with E-state index in [4.69, 9.17) is 17.3 Å². The maximum absolute atomic E-state index is 11.9. The van der Waals surface area contributed by atoms with Crippen molar-refractivity contribution in [2.24, 2.45) is 0 Å². The molecule has 1 aromatic rings. The van der Waals surface area contributed by atoms with Crippen molar-refractivity contribution in [3.05, 3.63) is 11.2 Å². The van der Waals surface area contributed by atoms with E-state index in [-0.39, 0.29) is 17.8 Å². The van der Waals surface area contributed by atoms with Crippen LogP contribution in [0.3, 0.4) is 0 Å². The number of hydrogen-bond donors (Lipinski definition) is 2. The van der Waals surface area contributed by atoms with Crippen LogP contribution in [0.4, 0.5) is 5.82 Å². The van der Waals surface area contributed by atoms with Crippen molar-refractivity contribution in [1.29, 1.82) is 0 Å². The van der Waals surface area contributed by atoms with Gasteiger partial charge in [-0.05, 0) is 19.8 Å². The summed E-state index contributed by atoms with van der Waals surface area (Å²) in [4.78, 5) is 11.9. The Balaban J connectivity index is 2.69. The van der Waals surface area contributed by atoms with E-state index >= 15 is 0 Å². The molecule has 0 aromatic carbocycles. The highest BCUT2D eigenvalue weighted by Crippen LogP contribution is 2.18. The van der Waals surface area contributed by atoms with Crippen LogP contribution in [0.5, 0.6) is 0 Å². The van der Waals surface area contributed by atoms with Crippen LogP contribution in [-0.2, 0) is 4.79 Å². The van der Waals surface area contributed by atoms with Gasteiger partial charge < -0.3 is 11.1 Å². The standard InChI is InChI=1S/C11H19ClN4O/c1-4-8(5-2)14-11(17)7(3)16-6-9(12)10(13)15-16/h6-8H,4-5H2,1-3H3,(H2,13,15)(H,14,17). The van der Waals surface area contributed by atoms with Crippen molar-refractivity contribution in [3.8, 4) is 0 Å². The zero-order valence-corrected chi connectivity index (χ0v) is 11.2. The predicted molar refractivity (Wildman–Crippen MR) is 68.9 cm³/mol. The second-order valence-corrected chi connectivity index (χ2v) is 4.45. The Morgan fingerprint density at radius 3 is 2.59 bits per heavy atom. The number of amides is 1. The van der Waals surface area contributed by atoms with Gasteiger partial charge in [0.05, 0.1) is 0 Å². The van der Waals surface area contributed by atoms with Crippen molar-refractivity contribution in [2.75, 3.05) is 5.73 Å². The number of aromatic nitrogens is 2. The van der Waals surface area contributed by atoms with Crippen molar-refractivity contribution in [1.82, 2.24) is 15.1 Å². The highest BCUT2D eigenvalue weighted by atomic mass is 35.5. The number of nitrogens with two attached hydrogens (primary N) is 1. The lowest BCUT2D eigenvalue weighted by Crippen LogP contribution is -2.38. The quantitative estimate of drug-likeness (QED) is 0.848. The number of carbonyl (C=O) groups excluding carboxylic acids is 1. The van der Waals surface area contributed by atoms with Gasteiger partial charge in [0.25, 0.3) is 0 Å². The molecule has 1 amide bonds. The number of anilines is 1. The minimum atomic E-state index is -0.412. The zero-order chi connectivity index (χ0) is 13.0. The second kappa shape index (κ2) is 5.91. The molecule has 0 aliphatic heterocycles. The fourth-order valence-electron chi connectivity index (χ4n) is 1.52. The highest BCUT2D eigenvalue weighted by molar-refractivity contribution is 6.32. The van der Waals surface area contributed by atoms with Gasteiger partial charge in [-0.15, -0.1) is 0 Å². The smallest absolute Gasteiger partial charge is 0.244 e. The van der Waals surface area contributed by atoms with Crippen LogP contribution in [0, 0.1) is 0 Å². The number of carbonyl (C=O) groups is 1. The summed E-state index contributed by atoms with van der Waals surface area (Å²) in [6, 6.07) is -0.210. The van der Waals surface area contributed by atoms with Gasteiger partial charge in [-0.1, -0.05) is 25.4 Å². The van der Waals surface area contributed by atoms with Gasteiger partial charge in [0.15, 0.2) is 5.82 Å². The first-order valence-corrected chi connectivity index (χ1v) is 6.17. The van der Waals surface area contributed by atoms with E-state index in [1.54, 1.807) is 13.1 Å². The lowest BCUT2D eigenvalue weighted by molar-refractivity contribution is -0.124. The topological polar surface area (TPSA) is 72.9 Å². The molecule has 0 saturated heterocycles. The second-order valence-electron chi connectivity index (χ2n) is 4.04. The Morgan fingerprint density at radius 2 is 2.18 bits per heavy atom. The molecule has 0 aliphatic rings. The molecule has 0 saturated carbocycles. The Hall–Kier alpha value is -1.23. The van der Waals surface area contributed by atoms with E-state index in [0.29, 0.717) is 5.02 Å². The Bertz CT molecular complexity index is 367. The molecule has 17 heavy (non-hydrogen) atoms. The molecule has 1 heterocycles. The lowest BCUT2D eigenvalue weighted by Gasteiger charge is -2.18. The maximum atomic E-state index is 11.9. The van der Waals surface area contributed by atoms with Gasteiger partial charge >= 0.3 is 0 Å². The predicted octanol–water partition coefficient (Wildman–Crippen LogP) is 1.98. The lowest BCUT2D eigenvalue weighted by atomic mass is 10.1. The van der Waals surface area contributed by atoms with Crippen molar-refractivity contribution < 1.29 is 4.79 Å². The summed E-state index contributed by atoms with van der Waals surface area (Å²) in [6.45, 7) is 5.85. The molecule has 1 aromatic heterocycles. The van der Waals surface area contributed by atoms with Crippen LogP contribution >= 0.6 is 11.6 Å². The number of nitrogen functional groups attached to an aromatic ring is 1. The Morgan fingerprint density at radius 1 is 1.59 bits per heavy atom. The molecule has 1 rings (SSSR count). The van der Waals surface area contributed by atoms with Gasteiger partial charge in [0.1, 0.15) is 11.1 Å². The largest absolute Gasteiger partial charge is 0.381 e. The van der Waals surface area contributed by atoms with Gasteiger partial charge in [-0.3, -0.25) is 9.48 Å². The molecule has 5 nitrogen and oxygen atoms in total. The first kappa shape index (κ1) is 13.8. The van der Waals surface area contributed by atoms with E-state index < -0.39 is 6.04 Å². The fourth-order valence-corrected chi connectivity index (χ4v) is 1.65. The molecule has 96 valence electrons. The third kappa shape index (κ3) is 3.36. The minimum Gasteiger partial charge on any atom is -0.381 e. The van der Waals surface area contributed by atoms with E-state index in [9.17, 15) is 4.79 Å². The van der Waals surface area contributed by atoms with Crippen LogP contribution in [0.1, 0.15) is 39.7 Å². The summed E-state index contributed by atoms with van der Waals surface area (Å²) in [6.07, 6.45) is 3.39. The maximum Gasteiger partial charge on any atom is 0.244 e. The van der Waals surface area contributed by atoms with Gasteiger partial charge in [0.2, 0.25) is 5.91 Å². The third-order valence-corrected chi connectivity index (χ3v) is 3.11. The fraction of sp³-hybridized carbons (Fsp3) is 0.636. The molecule has 6 heteroatoms. The molecule has 0 fully saturated rings. The van der Waals surface area contributed by atoms with Crippen LogP contribution < -0.4 is 11.1 Å². The van der Waals surface area contributed by atoms with Crippen LogP contribution in [0.2, 0.25) is 5.02 Å². The van der Waals surface area contributed by atoms with Gasteiger partial charge in [-0.2, -0.15) is 5.10 Å². The SMILES string of the molecule is CCC(CC)NC(=O)C(C)n1cc(Cl)c(N)n1. The number of hydrogen-bond acceptors (Lipinski definition) is 3. The van der Waals surface area contributed by atoms with Gasteiger partial charge in [0, 0.05) is 12.2 Å². The van der Waals surface area contributed by atoms with Crippen LogP contribution in [0.25, 0.3) is 0 Å². The average Bonchev–Trinajstić information content (AvgIpc) is 2.65. The Labute approximate surface area is 106 Å². The van der Waals surface area contributed by atoms with E-state index in [1.807, 2.05) is 13.8 Å². The highest BCUT2D eigenvalue weighted by Gasteiger charge is 2.19. The molecular weight excluding hydrogens is 240 g/mol. The van der Waals surface area contributed by atoms with Gasteiger partial charge in [-0.25, -0.2) is 0 Å². The van der Waals surface area contributed by atoms with Crippen molar-refractivity contribution >= 4 is 23.3 Å². The molecule has 1 atom stereocenters. The first-order valence-electron chi connectivity index (χ1n) is 5.80. The van der Waals surface area contributed by atoms with E-state index in [0.717, 1.165) is 12.8 Å². The molecule has 0 aliphatic carbocycles. The molecule has 0 spiro atoms. The third-order valence-electron chi connectivity index (χ3n) is 2.82. The Kier molecular flexibility index (Phi) is 4.81. The average molecular weight is 259 g/mol. The monoisotopic (exact) mass is 258 g/mol. The molecule has 1 unspecified atom stereocenters. The summed E-state index contributed by atoms with van der Waals surface area (Å²) >= 11 is 5.80. The molecular formula is C11H19ClN4O. The van der Waals surface area contributed by atoms with E-state index in [1.165, 1.54) is 4.68 Å². The summed E-state index contributed by atoms with van der Waals surface area (Å²) < 4.78 is 1.48. The van der Waals surface area contributed by atoms with Crippen LogP contribution in [0.15, 0.2) is 6.20 Å². The van der Waals surface area contributed by atoms with Crippen molar-refractivity contribution in [3.63, 3.8) is 0 Å². The van der Waals surface area contributed by atoms with Crippen molar-refractivity contribution in [2.45, 2.75) is 45.7 Å². The first-order chi connectivity index (χ1) is 7.99. The number of halogens is 1. The molecule has 3 N–H and O–H groups in total. The number of rotatable bonds is 5. The molecule has 0 radical (unpaired) electrons.